The summed E-state index contributed by atoms with van der Waals surface area (Å²) in [5.74, 6) is 1.03. The monoisotopic (exact) mass is 165 g/mol. The van der Waals surface area contributed by atoms with Crippen LogP contribution in [0.3, 0.4) is 0 Å². The standard InChI is InChI=1S/C10H15NO/c1-10(2)6-9(10)11-7-8-4-3-5-12-8/h3-5,9,11H,6-7H2,1-2H3. The molecule has 12 heavy (non-hydrogen) atoms. The Labute approximate surface area is 73.0 Å². The van der Waals surface area contributed by atoms with E-state index in [0.717, 1.165) is 12.3 Å². The lowest BCUT2D eigenvalue weighted by Gasteiger charge is -2.03. The fourth-order valence-corrected chi connectivity index (χ4v) is 1.45. The molecule has 1 heterocycles. The first kappa shape index (κ1) is 7.87. The predicted octanol–water partition coefficient (Wildman–Crippen LogP) is 2.17. The Morgan fingerprint density at radius 3 is 2.92 bits per heavy atom. The van der Waals surface area contributed by atoms with Gasteiger partial charge in [-0.15, -0.1) is 0 Å². The van der Waals surface area contributed by atoms with Gasteiger partial charge in [-0.05, 0) is 24.0 Å². The molecule has 1 N–H and O–H groups in total. The Hall–Kier alpha value is -0.760. The molecule has 0 aliphatic heterocycles. The molecule has 0 aromatic carbocycles. The maximum absolute atomic E-state index is 5.22. The van der Waals surface area contributed by atoms with E-state index in [-0.39, 0.29) is 0 Å². The van der Waals surface area contributed by atoms with Gasteiger partial charge in [0.05, 0.1) is 12.8 Å². The summed E-state index contributed by atoms with van der Waals surface area (Å²) in [6, 6.07) is 4.61. The third-order valence-electron chi connectivity index (χ3n) is 2.62. The summed E-state index contributed by atoms with van der Waals surface area (Å²) in [6.07, 6.45) is 3.00. The van der Waals surface area contributed by atoms with Crippen LogP contribution in [0.15, 0.2) is 22.8 Å². The Bertz CT molecular complexity index is 251. The normalized spacial score (nSPS) is 25.7. The molecule has 1 aliphatic carbocycles. The average Bonchev–Trinajstić information content (AvgIpc) is 2.54. The molecule has 2 rings (SSSR count). The Morgan fingerprint density at radius 1 is 1.67 bits per heavy atom. The van der Waals surface area contributed by atoms with Gasteiger partial charge in [0.1, 0.15) is 5.76 Å². The second-order valence-corrected chi connectivity index (χ2v) is 4.21. The maximum Gasteiger partial charge on any atom is 0.117 e. The van der Waals surface area contributed by atoms with E-state index in [0.29, 0.717) is 11.5 Å². The summed E-state index contributed by atoms with van der Waals surface area (Å²) in [5, 5.41) is 3.46. The molecular formula is C10H15NO. The van der Waals surface area contributed by atoms with Crippen molar-refractivity contribution in [3.63, 3.8) is 0 Å². The van der Waals surface area contributed by atoms with Crippen LogP contribution in [0.4, 0.5) is 0 Å². The molecular weight excluding hydrogens is 150 g/mol. The van der Waals surface area contributed by atoms with Gasteiger partial charge in [-0.2, -0.15) is 0 Å². The van der Waals surface area contributed by atoms with Crippen LogP contribution in [0.25, 0.3) is 0 Å². The third kappa shape index (κ3) is 1.53. The number of hydrogen-bond acceptors (Lipinski definition) is 2. The SMILES string of the molecule is CC1(C)CC1NCc1ccco1. The van der Waals surface area contributed by atoms with E-state index >= 15 is 0 Å². The highest BCUT2D eigenvalue weighted by Crippen LogP contribution is 2.44. The van der Waals surface area contributed by atoms with Crippen molar-refractivity contribution in [2.24, 2.45) is 5.41 Å². The fourth-order valence-electron chi connectivity index (χ4n) is 1.45. The average molecular weight is 165 g/mol. The molecule has 66 valence electrons. The van der Waals surface area contributed by atoms with Gasteiger partial charge in [-0.25, -0.2) is 0 Å². The number of furan rings is 1. The minimum absolute atomic E-state index is 0.507. The van der Waals surface area contributed by atoms with Crippen molar-refractivity contribution in [1.82, 2.24) is 5.32 Å². The van der Waals surface area contributed by atoms with Crippen LogP contribution in [0.5, 0.6) is 0 Å². The van der Waals surface area contributed by atoms with E-state index in [1.165, 1.54) is 6.42 Å². The lowest BCUT2D eigenvalue weighted by molar-refractivity contribution is 0.463. The van der Waals surface area contributed by atoms with Crippen LogP contribution in [-0.2, 0) is 6.54 Å². The molecule has 0 bridgehead atoms. The zero-order valence-corrected chi connectivity index (χ0v) is 7.63. The van der Waals surface area contributed by atoms with Gasteiger partial charge in [-0.3, -0.25) is 0 Å². The predicted molar refractivity (Wildman–Crippen MR) is 47.7 cm³/mol. The van der Waals surface area contributed by atoms with Gasteiger partial charge >= 0.3 is 0 Å². The van der Waals surface area contributed by atoms with Gasteiger partial charge in [0.25, 0.3) is 0 Å². The van der Waals surface area contributed by atoms with Crippen molar-refractivity contribution in [2.75, 3.05) is 0 Å². The zero-order valence-electron chi connectivity index (χ0n) is 7.63. The van der Waals surface area contributed by atoms with Crippen LogP contribution in [0, 0.1) is 5.41 Å². The van der Waals surface area contributed by atoms with Gasteiger partial charge in [0.15, 0.2) is 0 Å². The Morgan fingerprint density at radius 2 is 2.42 bits per heavy atom. The molecule has 1 fully saturated rings. The first-order valence-electron chi connectivity index (χ1n) is 4.44. The molecule has 0 amide bonds. The molecule has 1 atom stereocenters. The molecule has 1 aromatic heterocycles. The summed E-state index contributed by atoms with van der Waals surface area (Å²) in [6.45, 7) is 5.43. The van der Waals surface area contributed by atoms with Crippen molar-refractivity contribution in [1.29, 1.82) is 0 Å². The summed E-state index contributed by atoms with van der Waals surface area (Å²) >= 11 is 0. The summed E-state index contributed by atoms with van der Waals surface area (Å²) in [7, 11) is 0. The number of nitrogens with one attached hydrogen (secondary N) is 1. The summed E-state index contributed by atoms with van der Waals surface area (Å²) in [5.41, 5.74) is 0.507. The lowest BCUT2D eigenvalue weighted by Crippen LogP contribution is -2.19. The van der Waals surface area contributed by atoms with Crippen LogP contribution >= 0.6 is 0 Å². The van der Waals surface area contributed by atoms with Crippen LogP contribution in [-0.4, -0.2) is 6.04 Å². The van der Waals surface area contributed by atoms with Crippen LogP contribution in [0.1, 0.15) is 26.0 Å². The van der Waals surface area contributed by atoms with Gasteiger partial charge < -0.3 is 9.73 Å². The molecule has 1 aromatic rings. The summed E-state index contributed by atoms with van der Waals surface area (Å²) in [4.78, 5) is 0. The van der Waals surface area contributed by atoms with E-state index in [2.05, 4.69) is 19.2 Å². The highest BCUT2D eigenvalue weighted by atomic mass is 16.3. The molecule has 0 spiro atoms. The molecule has 1 unspecified atom stereocenters. The first-order valence-corrected chi connectivity index (χ1v) is 4.44. The van der Waals surface area contributed by atoms with Gasteiger partial charge in [0.2, 0.25) is 0 Å². The number of hydrogen-bond donors (Lipinski definition) is 1. The van der Waals surface area contributed by atoms with Crippen LogP contribution in [0.2, 0.25) is 0 Å². The summed E-state index contributed by atoms with van der Waals surface area (Å²) < 4.78 is 5.22. The quantitative estimate of drug-likeness (QED) is 0.742. The van der Waals surface area contributed by atoms with Crippen molar-refractivity contribution in [3.05, 3.63) is 24.2 Å². The molecule has 1 aliphatic rings. The first-order chi connectivity index (χ1) is 5.68. The lowest BCUT2D eigenvalue weighted by atomic mass is 10.2. The highest BCUT2D eigenvalue weighted by molar-refractivity contribution is 5.04. The van der Waals surface area contributed by atoms with Crippen LogP contribution < -0.4 is 5.32 Å². The van der Waals surface area contributed by atoms with Crippen molar-refractivity contribution >= 4 is 0 Å². The van der Waals surface area contributed by atoms with E-state index in [4.69, 9.17) is 4.42 Å². The molecule has 2 nitrogen and oxygen atoms in total. The van der Waals surface area contributed by atoms with Crippen molar-refractivity contribution in [2.45, 2.75) is 32.9 Å². The second kappa shape index (κ2) is 2.63. The van der Waals surface area contributed by atoms with Gasteiger partial charge in [0, 0.05) is 6.04 Å². The second-order valence-electron chi connectivity index (χ2n) is 4.21. The molecule has 0 saturated heterocycles. The van der Waals surface area contributed by atoms with E-state index in [1.54, 1.807) is 6.26 Å². The smallest absolute Gasteiger partial charge is 0.117 e. The van der Waals surface area contributed by atoms with E-state index < -0.39 is 0 Å². The Balaban J connectivity index is 1.78. The Kier molecular flexibility index (Phi) is 1.72. The number of rotatable bonds is 3. The fraction of sp³-hybridized carbons (Fsp3) is 0.600. The maximum atomic E-state index is 5.22. The van der Waals surface area contributed by atoms with Crippen molar-refractivity contribution < 1.29 is 4.42 Å². The molecule has 1 saturated carbocycles. The molecule has 2 heteroatoms. The van der Waals surface area contributed by atoms with Crippen molar-refractivity contribution in [3.8, 4) is 0 Å². The highest BCUT2D eigenvalue weighted by Gasteiger charge is 2.45. The zero-order chi connectivity index (χ0) is 8.60. The van der Waals surface area contributed by atoms with E-state index in [9.17, 15) is 0 Å². The van der Waals surface area contributed by atoms with Gasteiger partial charge in [-0.1, -0.05) is 13.8 Å². The molecule has 0 radical (unpaired) electrons. The van der Waals surface area contributed by atoms with E-state index in [1.807, 2.05) is 12.1 Å². The third-order valence-corrected chi connectivity index (χ3v) is 2.62. The topological polar surface area (TPSA) is 25.2 Å². The minimum atomic E-state index is 0.507. The minimum Gasteiger partial charge on any atom is -0.468 e. The largest absolute Gasteiger partial charge is 0.468 e.